The van der Waals surface area contributed by atoms with Gasteiger partial charge in [0.25, 0.3) is 0 Å². The largest absolute Gasteiger partial charge is 0.478 e. The molecule has 1 N–H and O–H groups in total. The van der Waals surface area contributed by atoms with Gasteiger partial charge in [-0.15, -0.1) is 0 Å². The number of benzene rings is 2. The minimum Gasteiger partial charge on any atom is -0.478 e. The highest BCUT2D eigenvalue weighted by atomic mass is 16.4. The summed E-state index contributed by atoms with van der Waals surface area (Å²) in [5, 5.41) is 19.2. The lowest BCUT2D eigenvalue weighted by Crippen LogP contribution is -1.98. The fraction of sp³-hybridized carbons (Fsp3) is 0. The second kappa shape index (κ2) is 3.43. The topological polar surface area (TPSA) is 61.1 Å². The predicted octanol–water partition coefficient (Wildman–Crippen LogP) is 2.41. The summed E-state index contributed by atoms with van der Waals surface area (Å²) in [5.41, 5.74) is 0.565. The van der Waals surface area contributed by atoms with Crippen LogP contribution in [-0.4, -0.2) is 11.1 Å². The molecular formula is C12H7NO2. The van der Waals surface area contributed by atoms with Gasteiger partial charge in [-0.25, -0.2) is 4.79 Å². The zero-order valence-corrected chi connectivity index (χ0v) is 7.77. The van der Waals surface area contributed by atoms with Crippen LogP contribution in [0.25, 0.3) is 10.8 Å². The Kier molecular flexibility index (Phi) is 2.11. The molecule has 2 aromatic carbocycles. The molecule has 72 valence electrons. The third-order valence-corrected chi connectivity index (χ3v) is 2.26. The van der Waals surface area contributed by atoms with Crippen molar-refractivity contribution in [2.45, 2.75) is 0 Å². The molecular weight excluding hydrogens is 190 g/mol. The Labute approximate surface area is 86.2 Å². The number of aromatic carboxylic acids is 1. The first-order valence-electron chi connectivity index (χ1n) is 4.39. The van der Waals surface area contributed by atoms with Gasteiger partial charge >= 0.3 is 5.97 Å². The quantitative estimate of drug-likeness (QED) is 0.763. The maximum atomic E-state index is 11.0. The molecule has 0 aliphatic rings. The van der Waals surface area contributed by atoms with Crippen LogP contribution in [-0.2, 0) is 0 Å². The number of fused-ring (bicyclic) bond motifs is 1. The summed E-state index contributed by atoms with van der Waals surface area (Å²) in [6.07, 6.45) is 0. The van der Waals surface area contributed by atoms with Crippen molar-refractivity contribution < 1.29 is 9.90 Å². The van der Waals surface area contributed by atoms with Crippen LogP contribution in [0.1, 0.15) is 15.9 Å². The van der Waals surface area contributed by atoms with Crippen LogP contribution in [0, 0.1) is 11.3 Å². The van der Waals surface area contributed by atoms with E-state index in [1.54, 1.807) is 30.3 Å². The van der Waals surface area contributed by atoms with Gasteiger partial charge in [-0.1, -0.05) is 24.3 Å². The van der Waals surface area contributed by atoms with E-state index in [4.69, 9.17) is 10.4 Å². The van der Waals surface area contributed by atoms with E-state index in [9.17, 15) is 4.79 Å². The zero-order chi connectivity index (χ0) is 10.8. The lowest BCUT2D eigenvalue weighted by atomic mass is 10.00. The first-order chi connectivity index (χ1) is 7.24. The van der Waals surface area contributed by atoms with E-state index in [0.29, 0.717) is 10.9 Å². The molecule has 0 heterocycles. The molecule has 0 aliphatic heterocycles. The van der Waals surface area contributed by atoms with Gasteiger partial charge in [0, 0.05) is 5.39 Å². The van der Waals surface area contributed by atoms with Crippen molar-refractivity contribution in [2.24, 2.45) is 0 Å². The van der Waals surface area contributed by atoms with Crippen molar-refractivity contribution in [3.63, 3.8) is 0 Å². The fourth-order valence-corrected chi connectivity index (χ4v) is 1.61. The normalized spacial score (nSPS) is 9.80. The Morgan fingerprint density at radius 3 is 2.47 bits per heavy atom. The zero-order valence-electron chi connectivity index (χ0n) is 7.77. The maximum Gasteiger partial charge on any atom is 0.336 e. The molecule has 0 spiro atoms. The molecule has 2 aromatic rings. The van der Waals surface area contributed by atoms with Crippen molar-refractivity contribution in [3.05, 3.63) is 47.5 Å². The molecule has 0 atom stereocenters. The molecule has 0 radical (unpaired) electrons. The lowest BCUT2D eigenvalue weighted by molar-refractivity contribution is 0.0699. The van der Waals surface area contributed by atoms with Crippen LogP contribution in [0.5, 0.6) is 0 Å². The molecule has 15 heavy (non-hydrogen) atoms. The van der Waals surface area contributed by atoms with E-state index in [0.717, 1.165) is 5.39 Å². The van der Waals surface area contributed by atoms with Crippen LogP contribution in [0.2, 0.25) is 0 Å². The number of carboxylic acid groups (broad SMARTS) is 1. The molecule has 0 saturated heterocycles. The number of rotatable bonds is 1. The van der Waals surface area contributed by atoms with E-state index < -0.39 is 5.97 Å². The van der Waals surface area contributed by atoms with Crippen LogP contribution >= 0.6 is 0 Å². The Morgan fingerprint density at radius 2 is 1.87 bits per heavy atom. The minimum atomic E-state index is -1.01. The summed E-state index contributed by atoms with van der Waals surface area (Å²) in [4.78, 5) is 11.0. The van der Waals surface area contributed by atoms with Crippen molar-refractivity contribution >= 4 is 16.7 Å². The Hall–Kier alpha value is -2.34. The average molecular weight is 197 g/mol. The lowest BCUT2D eigenvalue weighted by Gasteiger charge is -2.03. The number of carboxylic acids is 1. The standard InChI is InChI=1S/C12H7NO2/c13-7-9-5-1-3-8-4-2-6-10(11(8)9)12(14)15/h1-6H,(H,14,15). The molecule has 0 fully saturated rings. The molecule has 0 saturated carbocycles. The molecule has 2 rings (SSSR count). The molecule has 0 bridgehead atoms. The first-order valence-corrected chi connectivity index (χ1v) is 4.39. The van der Waals surface area contributed by atoms with Gasteiger partial charge in [-0.05, 0) is 17.5 Å². The number of carbonyl (C=O) groups is 1. The minimum absolute atomic E-state index is 0.171. The van der Waals surface area contributed by atoms with Crippen molar-refractivity contribution in [1.29, 1.82) is 5.26 Å². The van der Waals surface area contributed by atoms with Gasteiger partial charge in [0.2, 0.25) is 0 Å². The average Bonchev–Trinajstić information content (AvgIpc) is 2.27. The summed E-state index contributed by atoms with van der Waals surface area (Å²) < 4.78 is 0. The Morgan fingerprint density at radius 1 is 1.20 bits per heavy atom. The summed E-state index contributed by atoms with van der Waals surface area (Å²) in [6.45, 7) is 0. The van der Waals surface area contributed by atoms with Crippen molar-refractivity contribution in [1.82, 2.24) is 0 Å². The predicted molar refractivity (Wildman–Crippen MR) is 55.6 cm³/mol. The highest BCUT2D eigenvalue weighted by Gasteiger charge is 2.10. The van der Waals surface area contributed by atoms with Gasteiger partial charge in [0.05, 0.1) is 17.2 Å². The highest BCUT2D eigenvalue weighted by molar-refractivity contribution is 6.05. The number of hydrogen-bond donors (Lipinski definition) is 1. The summed E-state index contributed by atoms with van der Waals surface area (Å²) in [6, 6.07) is 12.1. The second-order valence-corrected chi connectivity index (χ2v) is 3.13. The first kappa shape index (κ1) is 9.22. The molecule has 3 heteroatoms. The van der Waals surface area contributed by atoms with Crippen LogP contribution in [0.4, 0.5) is 0 Å². The van der Waals surface area contributed by atoms with Gasteiger partial charge in [0.1, 0.15) is 0 Å². The highest BCUT2D eigenvalue weighted by Crippen LogP contribution is 2.22. The van der Waals surface area contributed by atoms with Gasteiger partial charge in [-0.2, -0.15) is 5.26 Å². The molecule has 0 unspecified atom stereocenters. The summed E-state index contributed by atoms with van der Waals surface area (Å²) in [5.74, 6) is -1.01. The van der Waals surface area contributed by atoms with Crippen LogP contribution in [0.15, 0.2) is 36.4 Å². The van der Waals surface area contributed by atoms with E-state index in [1.165, 1.54) is 6.07 Å². The number of nitriles is 1. The van der Waals surface area contributed by atoms with E-state index in [1.807, 2.05) is 6.07 Å². The van der Waals surface area contributed by atoms with E-state index >= 15 is 0 Å². The molecule has 0 amide bonds. The van der Waals surface area contributed by atoms with Crippen molar-refractivity contribution in [3.8, 4) is 6.07 Å². The maximum absolute atomic E-state index is 11.0. The monoisotopic (exact) mass is 197 g/mol. The van der Waals surface area contributed by atoms with E-state index in [-0.39, 0.29) is 5.56 Å². The summed E-state index contributed by atoms with van der Waals surface area (Å²) in [7, 11) is 0. The van der Waals surface area contributed by atoms with E-state index in [2.05, 4.69) is 0 Å². The SMILES string of the molecule is N#Cc1cccc2cccc(C(=O)O)c12. The third kappa shape index (κ3) is 1.42. The Bertz CT molecular complexity index is 576. The fourth-order valence-electron chi connectivity index (χ4n) is 1.61. The third-order valence-electron chi connectivity index (χ3n) is 2.26. The Balaban J connectivity index is 2.95. The smallest absolute Gasteiger partial charge is 0.336 e. The number of nitrogens with zero attached hydrogens (tertiary/aromatic N) is 1. The molecule has 3 nitrogen and oxygen atoms in total. The van der Waals surface area contributed by atoms with Crippen LogP contribution in [0.3, 0.4) is 0 Å². The second-order valence-electron chi connectivity index (χ2n) is 3.13. The van der Waals surface area contributed by atoms with Gasteiger partial charge in [-0.3, -0.25) is 0 Å². The van der Waals surface area contributed by atoms with Gasteiger partial charge < -0.3 is 5.11 Å². The molecule has 0 aliphatic carbocycles. The molecule has 0 aromatic heterocycles. The van der Waals surface area contributed by atoms with Gasteiger partial charge in [0.15, 0.2) is 0 Å². The van der Waals surface area contributed by atoms with Crippen LogP contribution < -0.4 is 0 Å². The summed E-state index contributed by atoms with van der Waals surface area (Å²) >= 11 is 0. The number of hydrogen-bond acceptors (Lipinski definition) is 2. The van der Waals surface area contributed by atoms with Crippen molar-refractivity contribution in [2.75, 3.05) is 0 Å².